The van der Waals surface area contributed by atoms with E-state index in [-0.39, 0.29) is 11.9 Å². The maximum atomic E-state index is 12.4. The lowest BCUT2D eigenvalue weighted by Gasteiger charge is -2.16. The van der Waals surface area contributed by atoms with Crippen LogP contribution < -0.4 is 5.32 Å². The minimum absolute atomic E-state index is 0.0985. The van der Waals surface area contributed by atoms with Gasteiger partial charge in [-0.3, -0.25) is 4.79 Å². The van der Waals surface area contributed by atoms with Gasteiger partial charge in [-0.25, -0.2) is 9.67 Å². The largest absolute Gasteiger partial charge is 0.346 e. The summed E-state index contributed by atoms with van der Waals surface area (Å²) in [6.07, 6.45) is 5.13. The Balaban J connectivity index is 1.55. The summed E-state index contributed by atoms with van der Waals surface area (Å²) in [6.45, 7) is 4.90. The van der Waals surface area contributed by atoms with Crippen LogP contribution in [0.2, 0.25) is 0 Å². The number of hydrogen-bond acceptors (Lipinski definition) is 3. The van der Waals surface area contributed by atoms with E-state index in [4.69, 9.17) is 0 Å². The maximum Gasteiger partial charge on any atom is 0.220 e. The fourth-order valence-corrected chi connectivity index (χ4v) is 3.41. The highest BCUT2D eigenvalue weighted by Crippen LogP contribution is 2.28. The second-order valence-electron chi connectivity index (χ2n) is 6.38. The standard InChI is InChI=1S/C18H24N4O/c1-3-8-22-18(19-12-20-22)13(2)21-17(23)11-14-9-15-6-4-5-7-16(15)10-14/h4-7,12-14H,3,8-11H2,1-2H3,(H,21,23). The number of rotatable bonds is 6. The molecular formula is C18H24N4O. The minimum atomic E-state index is -0.111. The molecule has 1 amide bonds. The smallest absolute Gasteiger partial charge is 0.220 e. The van der Waals surface area contributed by atoms with Crippen molar-refractivity contribution in [2.24, 2.45) is 5.92 Å². The first kappa shape index (κ1) is 15.7. The molecule has 1 unspecified atom stereocenters. The third-order valence-electron chi connectivity index (χ3n) is 4.46. The van der Waals surface area contributed by atoms with Gasteiger partial charge in [0.2, 0.25) is 5.91 Å². The first-order valence-corrected chi connectivity index (χ1v) is 8.41. The van der Waals surface area contributed by atoms with Crippen LogP contribution in [0.3, 0.4) is 0 Å². The molecule has 1 aliphatic rings. The van der Waals surface area contributed by atoms with E-state index >= 15 is 0 Å². The molecule has 3 rings (SSSR count). The quantitative estimate of drug-likeness (QED) is 0.892. The first-order chi connectivity index (χ1) is 11.2. The summed E-state index contributed by atoms with van der Waals surface area (Å²) in [5.41, 5.74) is 2.78. The summed E-state index contributed by atoms with van der Waals surface area (Å²) in [6, 6.07) is 8.38. The van der Waals surface area contributed by atoms with E-state index in [2.05, 4.69) is 46.6 Å². The van der Waals surface area contributed by atoms with Crippen molar-refractivity contribution in [3.05, 3.63) is 47.5 Å². The molecule has 0 spiro atoms. The zero-order chi connectivity index (χ0) is 16.2. The van der Waals surface area contributed by atoms with E-state index < -0.39 is 0 Å². The van der Waals surface area contributed by atoms with Crippen molar-refractivity contribution < 1.29 is 4.79 Å². The monoisotopic (exact) mass is 312 g/mol. The van der Waals surface area contributed by atoms with Gasteiger partial charge in [0.15, 0.2) is 0 Å². The van der Waals surface area contributed by atoms with Crippen molar-refractivity contribution in [2.45, 2.75) is 52.1 Å². The second-order valence-corrected chi connectivity index (χ2v) is 6.38. The van der Waals surface area contributed by atoms with Crippen LogP contribution in [-0.4, -0.2) is 20.7 Å². The number of hydrogen-bond donors (Lipinski definition) is 1. The maximum absolute atomic E-state index is 12.4. The summed E-state index contributed by atoms with van der Waals surface area (Å²) >= 11 is 0. The molecule has 0 radical (unpaired) electrons. The summed E-state index contributed by atoms with van der Waals surface area (Å²) in [5.74, 6) is 1.34. The number of amides is 1. The number of fused-ring (bicyclic) bond motifs is 1. The van der Waals surface area contributed by atoms with E-state index in [9.17, 15) is 4.79 Å². The van der Waals surface area contributed by atoms with Crippen molar-refractivity contribution in [1.29, 1.82) is 0 Å². The van der Waals surface area contributed by atoms with Gasteiger partial charge in [-0.1, -0.05) is 31.2 Å². The average Bonchev–Trinajstić information content (AvgIpc) is 3.13. The van der Waals surface area contributed by atoms with Crippen LogP contribution >= 0.6 is 0 Å². The van der Waals surface area contributed by atoms with E-state index in [0.717, 1.165) is 31.6 Å². The fourth-order valence-electron chi connectivity index (χ4n) is 3.41. The molecule has 1 N–H and O–H groups in total. The van der Waals surface area contributed by atoms with Crippen LogP contribution in [-0.2, 0) is 24.2 Å². The van der Waals surface area contributed by atoms with Crippen LogP contribution in [0.1, 0.15) is 49.7 Å². The lowest BCUT2D eigenvalue weighted by atomic mass is 10.0. The highest BCUT2D eigenvalue weighted by molar-refractivity contribution is 5.76. The number of aryl methyl sites for hydroxylation is 1. The van der Waals surface area contributed by atoms with E-state index in [1.807, 2.05) is 11.6 Å². The SMILES string of the molecule is CCCn1ncnc1C(C)NC(=O)CC1Cc2ccccc2C1. The van der Waals surface area contributed by atoms with Gasteiger partial charge in [-0.15, -0.1) is 0 Å². The number of carbonyl (C=O) groups excluding carboxylic acids is 1. The molecule has 0 bridgehead atoms. The van der Waals surface area contributed by atoms with Gasteiger partial charge in [0, 0.05) is 13.0 Å². The van der Waals surface area contributed by atoms with E-state index in [1.165, 1.54) is 11.1 Å². The fraction of sp³-hybridized carbons (Fsp3) is 0.500. The summed E-state index contributed by atoms with van der Waals surface area (Å²) < 4.78 is 1.87. The number of nitrogens with zero attached hydrogens (tertiary/aromatic N) is 3. The van der Waals surface area contributed by atoms with Crippen LogP contribution in [0.5, 0.6) is 0 Å². The molecule has 0 aliphatic heterocycles. The molecule has 1 atom stereocenters. The molecule has 5 nitrogen and oxygen atoms in total. The Kier molecular flexibility index (Phi) is 4.74. The highest BCUT2D eigenvalue weighted by Gasteiger charge is 2.24. The summed E-state index contributed by atoms with van der Waals surface area (Å²) in [5, 5.41) is 7.29. The Labute approximate surface area is 137 Å². The molecule has 1 aliphatic carbocycles. The number of nitrogens with one attached hydrogen (secondary N) is 1. The lowest BCUT2D eigenvalue weighted by molar-refractivity contribution is -0.122. The van der Waals surface area contributed by atoms with Crippen molar-refractivity contribution in [3.63, 3.8) is 0 Å². The van der Waals surface area contributed by atoms with Crippen molar-refractivity contribution in [1.82, 2.24) is 20.1 Å². The number of benzene rings is 1. The van der Waals surface area contributed by atoms with Gasteiger partial charge in [-0.2, -0.15) is 5.10 Å². The van der Waals surface area contributed by atoms with Gasteiger partial charge in [0.25, 0.3) is 0 Å². The average molecular weight is 312 g/mol. The summed E-state index contributed by atoms with van der Waals surface area (Å²) in [4.78, 5) is 16.6. The molecule has 1 aromatic heterocycles. The zero-order valence-electron chi connectivity index (χ0n) is 13.8. The third-order valence-corrected chi connectivity index (χ3v) is 4.46. The topological polar surface area (TPSA) is 59.8 Å². The first-order valence-electron chi connectivity index (χ1n) is 8.41. The molecule has 0 saturated carbocycles. The Bertz CT molecular complexity index is 654. The molecule has 1 aromatic carbocycles. The predicted molar refractivity (Wildman–Crippen MR) is 88.8 cm³/mol. The van der Waals surface area contributed by atoms with Gasteiger partial charge in [-0.05, 0) is 43.2 Å². The molecule has 0 saturated heterocycles. The Morgan fingerprint density at radius 3 is 2.70 bits per heavy atom. The Morgan fingerprint density at radius 1 is 1.35 bits per heavy atom. The molecule has 0 fully saturated rings. The molecule has 122 valence electrons. The number of aromatic nitrogens is 3. The normalized spacial score (nSPS) is 15.4. The zero-order valence-corrected chi connectivity index (χ0v) is 13.8. The molecule has 2 aromatic rings. The van der Waals surface area contributed by atoms with Crippen LogP contribution in [0, 0.1) is 5.92 Å². The van der Waals surface area contributed by atoms with E-state index in [0.29, 0.717) is 12.3 Å². The molecule has 1 heterocycles. The predicted octanol–water partition coefficient (Wildman–Crippen LogP) is 2.67. The van der Waals surface area contributed by atoms with Crippen molar-refractivity contribution >= 4 is 5.91 Å². The van der Waals surface area contributed by atoms with Gasteiger partial charge >= 0.3 is 0 Å². The van der Waals surface area contributed by atoms with Crippen LogP contribution in [0.4, 0.5) is 0 Å². The molecule has 5 heteroatoms. The Hall–Kier alpha value is -2.17. The Morgan fingerprint density at radius 2 is 2.04 bits per heavy atom. The van der Waals surface area contributed by atoms with Crippen LogP contribution in [0.15, 0.2) is 30.6 Å². The van der Waals surface area contributed by atoms with Crippen molar-refractivity contribution in [2.75, 3.05) is 0 Å². The van der Waals surface area contributed by atoms with Crippen molar-refractivity contribution in [3.8, 4) is 0 Å². The summed E-state index contributed by atoms with van der Waals surface area (Å²) in [7, 11) is 0. The second kappa shape index (κ2) is 6.94. The van der Waals surface area contributed by atoms with Gasteiger partial charge < -0.3 is 5.32 Å². The lowest BCUT2D eigenvalue weighted by Crippen LogP contribution is -2.30. The van der Waals surface area contributed by atoms with E-state index in [1.54, 1.807) is 6.33 Å². The highest BCUT2D eigenvalue weighted by atomic mass is 16.1. The van der Waals surface area contributed by atoms with Gasteiger partial charge in [0.05, 0.1) is 6.04 Å². The van der Waals surface area contributed by atoms with Gasteiger partial charge in [0.1, 0.15) is 12.2 Å². The molecular weight excluding hydrogens is 288 g/mol. The minimum Gasteiger partial charge on any atom is -0.346 e. The molecule has 23 heavy (non-hydrogen) atoms. The van der Waals surface area contributed by atoms with Crippen LogP contribution in [0.25, 0.3) is 0 Å². The third kappa shape index (κ3) is 3.60. The number of carbonyl (C=O) groups is 1.